The minimum absolute atomic E-state index is 0.134. The Morgan fingerprint density at radius 1 is 1.44 bits per heavy atom. The molecule has 0 radical (unpaired) electrons. The van der Waals surface area contributed by atoms with Crippen LogP contribution < -0.4 is 0 Å². The average molecular weight is 235 g/mol. The molecule has 0 fully saturated rings. The van der Waals surface area contributed by atoms with Crippen molar-refractivity contribution in [2.75, 3.05) is 13.1 Å². The predicted molar refractivity (Wildman–Crippen MR) is 69.8 cm³/mol. The van der Waals surface area contributed by atoms with Gasteiger partial charge in [0.05, 0.1) is 6.42 Å². The van der Waals surface area contributed by atoms with E-state index in [1.807, 2.05) is 31.2 Å². The smallest absolute Gasteiger partial charge is 0.227 e. The number of rotatable bonds is 5. The number of carbonyl (C=O) groups is 1. The van der Waals surface area contributed by atoms with Gasteiger partial charge in [0.2, 0.25) is 5.91 Å². The van der Waals surface area contributed by atoms with Gasteiger partial charge in [0.15, 0.2) is 0 Å². The molecule has 1 aromatic carbocycles. The summed E-state index contributed by atoms with van der Waals surface area (Å²) in [6, 6.07) is 7.66. The molecule has 0 heterocycles. The third-order valence-corrected chi connectivity index (χ3v) is 2.67. The molecule has 0 N–H and O–H groups in total. The number of likely N-dealkylation sites (N-methyl/N-ethyl adjacent to an activating group) is 1. The second kappa shape index (κ2) is 6.38. The monoisotopic (exact) mass is 235 g/mol. The second-order valence-electron chi connectivity index (χ2n) is 3.56. The highest BCUT2D eigenvalue weighted by atomic mass is 32.1. The first-order valence-electron chi connectivity index (χ1n) is 5.34. The quantitative estimate of drug-likeness (QED) is 0.614. The van der Waals surface area contributed by atoms with Crippen molar-refractivity contribution in [1.29, 1.82) is 0 Å². The van der Waals surface area contributed by atoms with Gasteiger partial charge >= 0.3 is 0 Å². The molecule has 0 saturated heterocycles. The van der Waals surface area contributed by atoms with Gasteiger partial charge < -0.3 is 4.90 Å². The Kier molecular flexibility index (Phi) is 5.12. The van der Waals surface area contributed by atoms with Gasteiger partial charge in [0.1, 0.15) is 0 Å². The number of hydrogen-bond donors (Lipinski definition) is 1. The van der Waals surface area contributed by atoms with Crippen molar-refractivity contribution < 1.29 is 4.79 Å². The Labute approximate surface area is 102 Å². The maximum atomic E-state index is 11.9. The molecule has 0 atom stereocenters. The molecule has 0 bridgehead atoms. The topological polar surface area (TPSA) is 20.3 Å². The molecule has 0 aliphatic rings. The molecule has 2 nitrogen and oxygen atoms in total. The van der Waals surface area contributed by atoms with Crippen LogP contribution in [0.5, 0.6) is 0 Å². The summed E-state index contributed by atoms with van der Waals surface area (Å²) in [6.07, 6.45) is 2.19. The summed E-state index contributed by atoms with van der Waals surface area (Å²) in [7, 11) is 0. The van der Waals surface area contributed by atoms with Crippen LogP contribution in [0.25, 0.3) is 0 Å². The minimum Gasteiger partial charge on any atom is -0.339 e. The van der Waals surface area contributed by atoms with Crippen LogP contribution in [0.15, 0.2) is 41.8 Å². The molecule has 1 rings (SSSR count). The molecular weight excluding hydrogens is 218 g/mol. The zero-order valence-electron chi connectivity index (χ0n) is 9.52. The van der Waals surface area contributed by atoms with Crippen LogP contribution in [-0.2, 0) is 11.2 Å². The highest BCUT2D eigenvalue weighted by molar-refractivity contribution is 7.80. The first-order valence-corrected chi connectivity index (χ1v) is 5.78. The normalized spacial score (nSPS) is 9.88. The molecule has 86 valence electrons. The molecule has 3 heteroatoms. The first kappa shape index (κ1) is 12.8. The van der Waals surface area contributed by atoms with E-state index in [-0.39, 0.29) is 5.91 Å². The molecule has 0 unspecified atom stereocenters. The van der Waals surface area contributed by atoms with Crippen LogP contribution in [0.3, 0.4) is 0 Å². The first-order chi connectivity index (χ1) is 7.67. The van der Waals surface area contributed by atoms with Gasteiger partial charge in [0.25, 0.3) is 0 Å². The van der Waals surface area contributed by atoms with E-state index in [1.54, 1.807) is 11.0 Å². The highest BCUT2D eigenvalue weighted by Gasteiger charge is 2.10. The van der Waals surface area contributed by atoms with E-state index in [0.29, 0.717) is 13.0 Å². The highest BCUT2D eigenvalue weighted by Crippen LogP contribution is 2.09. The summed E-state index contributed by atoms with van der Waals surface area (Å²) in [5.74, 6) is 0.134. The van der Waals surface area contributed by atoms with E-state index in [2.05, 4.69) is 19.2 Å². The maximum absolute atomic E-state index is 11.9. The molecule has 0 spiro atoms. The molecule has 1 amide bonds. The van der Waals surface area contributed by atoms with Crippen LogP contribution in [-0.4, -0.2) is 23.9 Å². The van der Waals surface area contributed by atoms with Gasteiger partial charge in [-0.15, -0.1) is 19.2 Å². The molecule has 0 aliphatic carbocycles. The standard InChI is InChI=1S/C13H17NOS/c1-3-9-14(4-2)13(15)10-11-5-7-12(16)8-6-11/h3,5-8,16H,1,4,9-10H2,2H3. The molecule has 1 aromatic rings. The van der Waals surface area contributed by atoms with Crippen molar-refractivity contribution in [1.82, 2.24) is 4.90 Å². The minimum atomic E-state index is 0.134. The van der Waals surface area contributed by atoms with E-state index in [4.69, 9.17) is 0 Å². The van der Waals surface area contributed by atoms with Crippen molar-refractivity contribution in [3.05, 3.63) is 42.5 Å². The molecular formula is C13H17NOS. The van der Waals surface area contributed by atoms with E-state index in [0.717, 1.165) is 17.0 Å². The van der Waals surface area contributed by atoms with Gasteiger partial charge in [-0.2, -0.15) is 0 Å². The molecule has 0 saturated carbocycles. The maximum Gasteiger partial charge on any atom is 0.227 e. The van der Waals surface area contributed by atoms with Crippen LogP contribution in [0.2, 0.25) is 0 Å². The van der Waals surface area contributed by atoms with Crippen LogP contribution in [0.4, 0.5) is 0 Å². The van der Waals surface area contributed by atoms with Crippen LogP contribution in [0.1, 0.15) is 12.5 Å². The number of nitrogens with zero attached hydrogens (tertiary/aromatic N) is 1. The zero-order valence-corrected chi connectivity index (χ0v) is 10.4. The number of thiol groups is 1. The summed E-state index contributed by atoms with van der Waals surface area (Å²) < 4.78 is 0. The fourth-order valence-corrected chi connectivity index (χ4v) is 1.61. The van der Waals surface area contributed by atoms with Crippen LogP contribution in [0, 0.1) is 0 Å². The van der Waals surface area contributed by atoms with Gasteiger partial charge in [-0.05, 0) is 24.6 Å². The lowest BCUT2D eigenvalue weighted by Crippen LogP contribution is -2.32. The fraction of sp³-hybridized carbons (Fsp3) is 0.308. The van der Waals surface area contributed by atoms with Crippen molar-refractivity contribution in [2.24, 2.45) is 0 Å². The van der Waals surface area contributed by atoms with Gasteiger partial charge in [0, 0.05) is 18.0 Å². The van der Waals surface area contributed by atoms with Crippen LogP contribution >= 0.6 is 12.6 Å². The van der Waals surface area contributed by atoms with E-state index in [9.17, 15) is 4.79 Å². The lowest BCUT2D eigenvalue weighted by atomic mass is 10.1. The van der Waals surface area contributed by atoms with Gasteiger partial charge in [-0.1, -0.05) is 18.2 Å². The summed E-state index contributed by atoms with van der Waals surface area (Å²) in [5.41, 5.74) is 1.02. The predicted octanol–water partition coefficient (Wildman–Crippen LogP) is 2.55. The largest absolute Gasteiger partial charge is 0.339 e. The zero-order chi connectivity index (χ0) is 12.0. The number of hydrogen-bond acceptors (Lipinski definition) is 2. The van der Waals surface area contributed by atoms with Crippen molar-refractivity contribution in [3.8, 4) is 0 Å². The Balaban J connectivity index is 2.62. The SMILES string of the molecule is C=CCN(CC)C(=O)Cc1ccc(S)cc1. The van der Waals surface area contributed by atoms with E-state index >= 15 is 0 Å². The number of carbonyl (C=O) groups excluding carboxylic acids is 1. The number of benzene rings is 1. The summed E-state index contributed by atoms with van der Waals surface area (Å²) in [5, 5.41) is 0. The molecule has 0 aliphatic heterocycles. The van der Waals surface area contributed by atoms with E-state index < -0.39 is 0 Å². The average Bonchev–Trinajstić information content (AvgIpc) is 2.29. The van der Waals surface area contributed by atoms with Crippen molar-refractivity contribution >= 4 is 18.5 Å². The Morgan fingerprint density at radius 3 is 2.56 bits per heavy atom. The summed E-state index contributed by atoms with van der Waals surface area (Å²) in [4.78, 5) is 14.6. The van der Waals surface area contributed by atoms with E-state index in [1.165, 1.54) is 0 Å². The number of amides is 1. The third-order valence-electron chi connectivity index (χ3n) is 2.38. The lowest BCUT2D eigenvalue weighted by Gasteiger charge is -2.18. The Hall–Kier alpha value is -1.22. The van der Waals surface area contributed by atoms with Gasteiger partial charge in [-0.25, -0.2) is 0 Å². The second-order valence-corrected chi connectivity index (χ2v) is 4.08. The van der Waals surface area contributed by atoms with Crippen molar-refractivity contribution in [3.63, 3.8) is 0 Å². The Morgan fingerprint density at radius 2 is 2.06 bits per heavy atom. The summed E-state index contributed by atoms with van der Waals surface area (Å²) in [6.45, 7) is 6.94. The molecule has 16 heavy (non-hydrogen) atoms. The Bertz CT molecular complexity index is 359. The lowest BCUT2D eigenvalue weighted by molar-refractivity contribution is -0.129. The van der Waals surface area contributed by atoms with Crippen molar-refractivity contribution in [2.45, 2.75) is 18.2 Å². The van der Waals surface area contributed by atoms with Gasteiger partial charge in [-0.3, -0.25) is 4.79 Å². The summed E-state index contributed by atoms with van der Waals surface area (Å²) >= 11 is 4.21. The fourth-order valence-electron chi connectivity index (χ4n) is 1.46. The third kappa shape index (κ3) is 3.74. The molecule has 0 aromatic heterocycles.